The lowest BCUT2D eigenvalue weighted by molar-refractivity contribution is -0.137. The zero-order valence-electron chi connectivity index (χ0n) is 24.0. The number of rotatable bonds is 3. The van der Waals surface area contributed by atoms with Crippen molar-refractivity contribution in [1.29, 1.82) is 0 Å². The van der Waals surface area contributed by atoms with Crippen LogP contribution in [-0.4, -0.2) is 30.8 Å². The summed E-state index contributed by atoms with van der Waals surface area (Å²) in [4.78, 5) is 15.1. The van der Waals surface area contributed by atoms with E-state index in [1.165, 1.54) is 18.2 Å². The summed E-state index contributed by atoms with van der Waals surface area (Å²) in [7, 11) is 0. The quantitative estimate of drug-likeness (QED) is 0.350. The number of amides is 2. The van der Waals surface area contributed by atoms with Crippen LogP contribution in [0, 0.1) is 5.41 Å². The van der Waals surface area contributed by atoms with Crippen LogP contribution in [0.3, 0.4) is 0 Å². The largest absolute Gasteiger partial charge is 0.416 e. The molecule has 0 radical (unpaired) electrons. The Labute approximate surface area is 241 Å². The Hall–Kier alpha value is -3.43. The summed E-state index contributed by atoms with van der Waals surface area (Å²) in [5, 5.41) is 5.73. The first-order valence-corrected chi connectivity index (χ1v) is 14.1. The molecule has 5 rings (SSSR count). The van der Waals surface area contributed by atoms with Crippen molar-refractivity contribution in [2.24, 2.45) is 5.41 Å². The second-order valence-electron chi connectivity index (χ2n) is 12.8. The Balaban J connectivity index is 1.65. The minimum atomic E-state index is -4.50. The molecular weight excluding hydrogens is 556 g/mol. The van der Waals surface area contributed by atoms with Gasteiger partial charge in [0.05, 0.1) is 11.1 Å². The third kappa shape index (κ3) is 6.03. The molecule has 3 atom stereocenters. The van der Waals surface area contributed by atoms with Crippen molar-refractivity contribution in [2.45, 2.75) is 76.7 Å². The second-order valence-corrected chi connectivity index (χ2v) is 12.8. The number of benzene rings is 2. The van der Waals surface area contributed by atoms with Crippen LogP contribution in [-0.2, 0) is 6.18 Å². The summed E-state index contributed by atoms with van der Waals surface area (Å²) in [6.45, 7) is 8.56. The van der Waals surface area contributed by atoms with E-state index in [2.05, 4.69) is 15.5 Å². The molecule has 0 spiro atoms. The highest BCUT2D eigenvalue weighted by molar-refractivity contribution is 5.91. The number of anilines is 2. The first-order chi connectivity index (χ1) is 19.4. The Morgan fingerprint density at radius 3 is 2.31 bits per heavy atom. The molecule has 0 bridgehead atoms. The van der Waals surface area contributed by atoms with Gasteiger partial charge in [-0.25, -0.2) is 4.79 Å². The maximum atomic E-state index is 13.8. The fraction of sp³-hybridized carbons (Fsp3) is 0.469. The maximum absolute atomic E-state index is 13.8. The number of hydrogen-bond acceptors (Lipinski definition) is 2. The predicted molar refractivity (Wildman–Crippen MR) is 152 cm³/mol. The zero-order chi connectivity index (χ0) is 30.7. The summed E-state index contributed by atoms with van der Waals surface area (Å²) < 4.78 is 82.2. The number of carbonyl (C=O) groups excluding carboxylic acids is 1. The summed E-state index contributed by atoms with van der Waals surface area (Å²) in [5.74, 6) is -0.693. The van der Waals surface area contributed by atoms with E-state index in [1.54, 1.807) is 18.2 Å². The predicted octanol–water partition coefficient (Wildman–Crippen LogP) is 8.91. The van der Waals surface area contributed by atoms with Crippen LogP contribution in [0.25, 0.3) is 0 Å². The number of allylic oxidation sites excluding steroid dienone is 4. The van der Waals surface area contributed by atoms with Crippen LogP contribution in [0.1, 0.15) is 81.0 Å². The number of hydrogen-bond donors (Lipinski definition) is 2. The van der Waals surface area contributed by atoms with E-state index in [9.17, 15) is 31.1 Å². The van der Waals surface area contributed by atoms with Crippen LogP contribution in [0.2, 0.25) is 0 Å². The van der Waals surface area contributed by atoms with Crippen molar-refractivity contribution in [3.05, 3.63) is 82.5 Å². The van der Waals surface area contributed by atoms with E-state index >= 15 is 0 Å². The lowest BCUT2D eigenvalue weighted by Gasteiger charge is -2.48. The first kappa shape index (κ1) is 30.0. The van der Waals surface area contributed by atoms with Crippen molar-refractivity contribution in [3.63, 3.8) is 0 Å². The van der Waals surface area contributed by atoms with Gasteiger partial charge in [-0.3, -0.25) is 0 Å². The summed E-state index contributed by atoms with van der Waals surface area (Å²) in [5.41, 5.74) is 0.581. The molecule has 42 heavy (non-hydrogen) atoms. The average Bonchev–Trinajstić information content (AvgIpc) is 2.87. The standard InChI is InChI=1S/C32H35F6N3O/c1-29(2,3)40-28(42)39-22-16-24-23(19-7-5-8-20(15-19)31(33,34)35)10-13-41-14-11-26(25(17-22)27(24)41)30(4)12-6-9-21(18-30)32(36,37)38/h5-9,15-18,23,26H,10-14H2,1-4H3,(H2,39,40,42)/t23-,26+,30?/m0/s1. The number of urea groups is 1. The molecule has 2 amide bonds. The molecule has 0 aromatic heterocycles. The summed E-state index contributed by atoms with van der Waals surface area (Å²) in [6.07, 6.45) is -3.41. The van der Waals surface area contributed by atoms with Gasteiger partial charge < -0.3 is 15.5 Å². The zero-order valence-corrected chi connectivity index (χ0v) is 24.0. The topological polar surface area (TPSA) is 44.4 Å². The molecule has 0 saturated carbocycles. The smallest absolute Gasteiger partial charge is 0.371 e. The third-order valence-electron chi connectivity index (χ3n) is 8.44. The van der Waals surface area contributed by atoms with E-state index in [0.717, 1.165) is 29.0 Å². The van der Waals surface area contributed by atoms with E-state index in [4.69, 9.17) is 0 Å². The molecular formula is C32H35F6N3O. The highest BCUT2D eigenvalue weighted by atomic mass is 19.4. The van der Waals surface area contributed by atoms with Crippen molar-refractivity contribution in [3.8, 4) is 0 Å². The Bertz CT molecular complexity index is 1440. The van der Waals surface area contributed by atoms with Gasteiger partial charge in [0.25, 0.3) is 0 Å². The van der Waals surface area contributed by atoms with Crippen LogP contribution < -0.4 is 15.5 Å². The molecule has 2 aromatic rings. The van der Waals surface area contributed by atoms with Crippen LogP contribution in [0.15, 0.2) is 60.2 Å². The molecule has 0 fully saturated rings. The number of nitrogens with one attached hydrogen (secondary N) is 2. The number of halogens is 6. The number of carbonyl (C=O) groups is 1. The van der Waals surface area contributed by atoms with Gasteiger partial charge in [0.15, 0.2) is 0 Å². The molecule has 2 aromatic carbocycles. The summed E-state index contributed by atoms with van der Waals surface area (Å²) in [6, 6.07) is 8.48. The minimum absolute atomic E-state index is 0.308. The van der Waals surface area contributed by atoms with Crippen LogP contribution in [0.5, 0.6) is 0 Å². The number of nitrogens with zero attached hydrogens (tertiary/aromatic N) is 1. The van der Waals surface area contributed by atoms with Gasteiger partial charge in [-0.1, -0.05) is 43.4 Å². The molecule has 3 aliphatic rings. The van der Waals surface area contributed by atoms with Gasteiger partial charge in [0.1, 0.15) is 0 Å². The van der Waals surface area contributed by atoms with E-state index in [-0.39, 0.29) is 11.8 Å². The van der Waals surface area contributed by atoms with Gasteiger partial charge in [-0.15, -0.1) is 0 Å². The van der Waals surface area contributed by atoms with E-state index in [0.29, 0.717) is 43.6 Å². The Kier molecular flexibility index (Phi) is 7.43. The van der Waals surface area contributed by atoms with Gasteiger partial charge in [0.2, 0.25) is 0 Å². The maximum Gasteiger partial charge on any atom is 0.416 e. The van der Waals surface area contributed by atoms with E-state index in [1.807, 2.05) is 33.8 Å². The Morgan fingerprint density at radius 1 is 0.952 bits per heavy atom. The monoisotopic (exact) mass is 591 g/mol. The van der Waals surface area contributed by atoms with E-state index < -0.39 is 40.5 Å². The van der Waals surface area contributed by atoms with Crippen LogP contribution in [0.4, 0.5) is 42.5 Å². The molecule has 4 nitrogen and oxygen atoms in total. The van der Waals surface area contributed by atoms with Gasteiger partial charge in [0, 0.05) is 35.9 Å². The Morgan fingerprint density at radius 2 is 1.64 bits per heavy atom. The molecule has 10 heteroatoms. The molecule has 2 heterocycles. The minimum Gasteiger partial charge on any atom is -0.371 e. The highest BCUT2D eigenvalue weighted by Gasteiger charge is 2.44. The SMILES string of the molecule is CC(C)(C)NC(=O)Nc1cc2c3c(c1)[C@H](C1(C)C=C(C(F)(F)F)C=CC1)CCN3CC[C@H]2c1cccc(C(F)(F)F)c1. The molecule has 1 aliphatic carbocycles. The van der Waals surface area contributed by atoms with Crippen LogP contribution >= 0.6 is 0 Å². The van der Waals surface area contributed by atoms with Crippen molar-refractivity contribution < 1.29 is 31.1 Å². The lowest BCUT2D eigenvalue weighted by Crippen LogP contribution is -2.43. The third-order valence-corrected chi connectivity index (χ3v) is 8.44. The fourth-order valence-electron chi connectivity index (χ4n) is 6.65. The van der Waals surface area contributed by atoms with Crippen molar-refractivity contribution in [1.82, 2.24) is 5.32 Å². The molecule has 2 N–H and O–H groups in total. The molecule has 2 aliphatic heterocycles. The average molecular weight is 592 g/mol. The van der Waals surface area contributed by atoms with Gasteiger partial charge in [-0.2, -0.15) is 26.3 Å². The van der Waals surface area contributed by atoms with Gasteiger partial charge in [-0.05, 0) is 86.3 Å². The van der Waals surface area contributed by atoms with Crippen molar-refractivity contribution in [2.75, 3.05) is 23.3 Å². The normalized spacial score (nSPS) is 24.1. The molecule has 0 saturated heterocycles. The van der Waals surface area contributed by atoms with Crippen molar-refractivity contribution >= 4 is 17.4 Å². The molecule has 1 unspecified atom stereocenters. The number of alkyl halides is 6. The molecule has 226 valence electrons. The lowest BCUT2D eigenvalue weighted by atomic mass is 9.64. The second kappa shape index (κ2) is 10.4. The van der Waals surface area contributed by atoms with Gasteiger partial charge >= 0.3 is 18.4 Å². The summed E-state index contributed by atoms with van der Waals surface area (Å²) >= 11 is 0. The highest BCUT2D eigenvalue weighted by Crippen LogP contribution is 2.55. The fourth-order valence-corrected chi connectivity index (χ4v) is 6.65. The first-order valence-electron chi connectivity index (χ1n) is 14.1.